The summed E-state index contributed by atoms with van der Waals surface area (Å²) >= 11 is 0. The van der Waals surface area contributed by atoms with Crippen LogP contribution in [-0.2, 0) is 0 Å². The molecule has 0 bridgehead atoms. The summed E-state index contributed by atoms with van der Waals surface area (Å²) in [5.74, 6) is -0.103. The summed E-state index contributed by atoms with van der Waals surface area (Å²) in [5.41, 5.74) is 1.37. The Labute approximate surface area is 115 Å². The third-order valence-corrected chi connectivity index (χ3v) is 2.89. The van der Waals surface area contributed by atoms with E-state index in [0.29, 0.717) is 11.5 Å². The molecule has 0 radical (unpaired) electrons. The Morgan fingerprint density at radius 1 is 1.05 bits per heavy atom. The van der Waals surface area contributed by atoms with Crippen LogP contribution < -0.4 is 4.90 Å². The van der Waals surface area contributed by atoms with Crippen LogP contribution in [0.5, 0.6) is 0 Å². The van der Waals surface area contributed by atoms with Crippen LogP contribution in [0.1, 0.15) is 5.69 Å². The minimum absolute atomic E-state index is 0.118. The highest BCUT2D eigenvalue weighted by atomic mass is 16.3. The van der Waals surface area contributed by atoms with E-state index in [-0.39, 0.29) is 18.2 Å². The Morgan fingerprint density at radius 3 is 2.65 bits per heavy atom. The Bertz CT molecular complexity index is 668. The van der Waals surface area contributed by atoms with Crippen molar-refractivity contribution in [1.82, 2.24) is 9.97 Å². The average molecular weight is 268 g/mol. The van der Waals surface area contributed by atoms with Gasteiger partial charge < -0.3 is 15.1 Å². The standard InChI is InChI=1S/C14H12N4O2/c19-12-9-18(10-4-3-6-15-8-10)13(17-14(12)20)11-5-1-2-7-16-11/h1-8,19-20H,9H2. The van der Waals surface area contributed by atoms with Gasteiger partial charge in [-0.1, -0.05) is 6.07 Å². The molecule has 1 aliphatic heterocycles. The quantitative estimate of drug-likeness (QED) is 0.870. The highest BCUT2D eigenvalue weighted by Gasteiger charge is 2.24. The maximum Gasteiger partial charge on any atom is 0.253 e. The van der Waals surface area contributed by atoms with E-state index in [2.05, 4.69) is 15.0 Å². The second kappa shape index (κ2) is 5.00. The fourth-order valence-electron chi connectivity index (χ4n) is 1.94. The van der Waals surface area contributed by atoms with Crippen molar-refractivity contribution >= 4 is 11.5 Å². The van der Waals surface area contributed by atoms with Crippen molar-refractivity contribution in [3.8, 4) is 0 Å². The summed E-state index contributed by atoms with van der Waals surface area (Å²) in [7, 11) is 0. The molecular weight excluding hydrogens is 256 g/mol. The number of pyridine rings is 2. The number of rotatable bonds is 2. The van der Waals surface area contributed by atoms with Crippen LogP contribution >= 0.6 is 0 Å². The van der Waals surface area contributed by atoms with Gasteiger partial charge in [0.2, 0.25) is 0 Å². The first-order chi connectivity index (χ1) is 9.75. The molecule has 0 atom stereocenters. The Morgan fingerprint density at radius 2 is 1.95 bits per heavy atom. The molecule has 1 aliphatic rings. The van der Waals surface area contributed by atoms with Crippen molar-refractivity contribution in [3.05, 3.63) is 66.3 Å². The van der Waals surface area contributed by atoms with Gasteiger partial charge in [-0.25, -0.2) is 0 Å². The van der Waals surface area contributed by atoms with Gasteiger partial charge in [-0.3, -0.25) is 9.97 Å². The van der Waals surface area contributed by atoms with Gasteiger partial charge >= 0.3 is 0 Å². The van der Waals surface area contributed by atoms with Crippen molar-refractivity contribution in [1.29, 1.82) is 0 Å². The number of hydrogen-bond donors (Lipinski definition) is 2. The summed E-state index contributed by atoms with van der Waals surface area (Å²) in [6.45, 7) is 0.118. The minimum atomic E-state index is -0.384. The number of amidine groups is 1. The zero-order valence-corrected chi connectivity index (χ0v) is 10.5. The number of anilines is 1. The monoisotopic (exact) mass is 268 g/mol. The topological polar surface area (TPSA) is 81.8 Å². The average Bonchev–Trinajstić information content (AvgIpc) is 2.51. The molecule has 6 heteroatoms. The van der Waals surface area contributed by atoms with E-state index in [1.54, 1.807) is 41.7 Å². The maximum atomic E-state index is 9.71. The van der Waals surface area contributed by atoms with Gasteiger partial charge in [0, 0.05) is 12.4 Å². The summed E-state index contributed by atoms with van der Waals surface area (Å²) in [5, 5.41) is 19.4. The lowest BCUT2D eigenvalue weighted by atomic mass is 10.2. The Balaban J connectivity index is 2.08. The van der Waals surface area contributed by atoms with Gasteiger partial charge in [-0.15, -0.1) is 0 Å². The van der Waals surface area contributed by atoms with Crippen LogP contribution in [0.25, 0.3) is 0 Å². The predicted octanol–water partition coefficient (Wildman–Crippen LogP) is 2.03. The van der Waals surface area contributed by atoms with Crippen molar-refractivity contribution in [3.63, 3.8) is 0 Å². The molecular formula is C14H12N4O2. The molecule has 0 aliphatic carbocycles. The number of hydrogen-bond acceptors (Lipinski definition) is 6. The van der Waals surface area contributed by atoms with Crippen LogP contribution in [0.3, 0.4) is 0 Å². The normalized spacial score (nSPS) is 15.2. The molecule has 0 amide bonds. The van der Waals surface area contributed by atoms with Crippen molar-refractivity contribution in [2.75, 3.05) is 11.4 Å². The fraction of sp³-hybridized carbons (Fsp3) is 0.0714. The summed E-state index contributed by atoms with van der Waals surface area (Å²) in [6.07, 6.45) is 4.97. The van der Waals surface area contributed by atoms with Crippen molar-refractivity contribution < 1.29 is 10.2 Å². The van der Waals surface area contributed by atoms with E-state index in [9.17, 15) is 10.2 Å². The third kappa shape index (κ3) is 2.18. The first kappa shape index (κ1) is 12.2. The van der Waals surface area contributed by atoms with Crippen LogP contribution in [-0.4, -0.2) is 32.6 Å². The van der Waals surface area contributed by atoms with E-state index in [4.69, 9.17) is 0 Å². The first-order valence-corrected chi connectivity index (χ1v) is 6.04. The molecule has 2 aromatic rings. The Hall–Kier alpha value is -2.89. The molecule has 0 saturated carbocycles. The molecule has 0 spiro atoms. The lowest BCUT2D eigenvalue weighted by Crippen LogP contribution is -2.37. The Kier molecular flexibility index (Phi) is 3.04. The zero-order chi connectivity index (χ0) is 13.9. The SMILES string of the molecule is OC1=C(O)N=C(c2ccccn2)N(c2cccnc2)C1. The molecule has 6 nitrogen and oxygen atoms in total. The van der Waals surface area contributed by atoms with Gasteiger partial charge in [0.15, 0.2) is 11.6 Å². The molecule has 100 valence electrons. The van der Waals surface area contributed by atoms with Gasteiger partial charge in [0.05, 0.1) is 18.4 Å². The highest BCUT2D eigenvalue weighted by Crippen LogP contribution is 2.22. The number of nitrogens with zero attached hydrogens (tertiary/aromatic N) is 4. The molecule has 0 unspecified atom stereocenters. The van der Waals surface area contributed by atoms with Gasteiger partial charge in [0.25, 0.3) is 5.88 Å². The van der Waals surface area contributed by atoms with Crippen molar-refractivity contribution in [2.45, 2.75) is 0 Å². The highest BCUT2D eigenvalue weighted by molar-refractivity contribution is 6.09. The number of aromatic nitrogens is 2. The van der Waals surface area contributed by atoms with Crippen LogP contribution in [0.4, 0.5) is 5.69 Å². The van der Waals surface area contributed by atoms with Gasteiger partial charge in [0.1, 0.15) is 5.69 Å². The number of aliphatic imine (C=N–C) groups is 1. The molecule has 20 heavy (non-hydrogen) atoms. The number of aliphatic hydroxyl groups excluding tert-OH is 2. The second-order valence-electron chi connectivity index (χ2n) is 4.22. The summed E-state index contributed by atoms with van der Waals surface area (Å²) in [6, 6.07) is 9.07. The van der Waals surface area contributed by atoms with Gasteiger partial charge in [-0.05, 0) is 24.3 Å². The minimum Gasteiger partial charge on any atom is -0.505 e. The van der Waals surface area contributed by atoms with E-state index in [1.165, 1.54) is 0 Å². The molecule has 2 aromatic heterocycles. The molecule has 0 fully saturated rings. The fourth-order valence-corrected chi connectivity index (χ4v) is 1.94. The molecule has 0 aromatic carbocycles. The van der Waals surface area contributed by atoms with E-state index in [0.717, 1.165) is 5.69 Å². The van der Waals surface area contributed by atoms with E-state index < -0.39 is 0 Å². The molecule has 2 N–H and O–H groups in total. The van der Waals surface area contributed by atoms with Gasteiger partial charge in [-0.2, -0.15) is 4.99 Å². The van der Waals surface area contributed by atoms with Crippen LogP contribution in [0.15, 0.2) is 65.6 Å². The summed E-state index contributed by atoms with van der Waals surface area (Å²) < 4.78 is 0. The molecule has 3 rings (SSSR count). The zero-order valence-electron chi connectivity index (χ0n) is 10.5. The largest absolute Gasteiger partial charge is 0.505 e. The molecule has 0 saturated heterocycles. The van der Waals surface area contributed by atoms with Crippen LogP contribution in [0, 0.1) is 0 Å². The number of aliphatic hydroxyl groups is 2. The molecule has 3 heterocycles. The second-order valence-corrected chi connectivity index (χ2v) is 4.22. The first-order valence-electron chi connectivity index (χ1n) is 6.04. The van der Waals surface area contributed by atoms with Crippen molar-refractivity contribution in [2.24, 2.45) is 4.99 Å². The summed E-state index contributed by atoms with van der Waals surface area (Å²) in [4.78, 5) is 14.1. The van der Waals surface area contributed by atoms with E-state index in [1.807, 2.05) is 12.1 Å². The lowest BCUT2D eigenvalue weighted by Gasteiger charge is -2.27. The van der Waals surface area contributed by atoms with E-state index >= 15 is 0 Å². The van der Waals surface area contributed by atoms with Crippen LogP contribution in [0.2, 0.25) is 0 Å². The predicted molar refractivity (Wildman–Crippen MR) is 74.6 cm³/mol. The third-order valence-electron chi connectivity index (χ3n) is 2.89. The lowest BCUT2D eigenvalue weighted by molar-refractivity contribution is 0.314. The smallest absolute Gasteiger partial charge is 0.253 e. The maximum absolute atomic E-state index is 9.71.